The highest BCUT2D eigenvalue weighted by atomic mass is 16.5. The molecule has 0 saturated carbocycles. The van der Waals surface area contributed by atoms with E-state index in [9.17, 15) is 19.5 Å². The minimum atomic E-state index is -1.08. The molecule has 2 aromatic rings. The monoisotopic (exact) mass is 317 g/mol. The Bertz CT molecular complexity index is 822. The van der Waals surface area contributed by atoms with Crippen molar-refractivity contribution < 1.29 is 19.4 Å². The number of benzene rings is 1. The molecule has 6 heteroatoms. The molecule has 0 amide bonds. The van der Waals surface area contributed by atoms with Crippen molar-refractivity contribution in [3.8, 4) is 5.75 Å². The maximum Gasteiger partial charge on any atom is 0.335 e. The molecule has 1 unspecified atom stereocenters. The molecule has 23 heavy (non-hydrogen) atoms. The fourth-order valence-electron chi connectivity index (χ4n) is 2.38. The Morgan fingerprint density at radius 3 is 2.57 bits per heavy atom. The van der Waals surface area contributed by atoms with Crippen LogP contribution in [0.4, 0.5) is 0 Å². The molecular formula is C17H19NO5. The highest BCUT2D eigenvalue weighted by Crippen LogP contribution is 2.29. The second kappa shape index (κ2) is 6.64. The fourth-order valence-corrected chi connectivity index (χ4v) is 2.38. The number of carboxylic acids is 1. The lowest BCUT2D eigenvalue weighted by molar-refractivity contribution is -0.119. The number of nitrogens with zero attached hydrogens (tertiary/aromatic N) is 1. The zero-order valence-corrected chi connectivity index (χ0v) is 13.3. The van der Waals surface area contributed by atoms with Gasteiger partial charge in [0.2, 0.25) is 0 Å². The molecule has 0 saturated heterocycles. The predicted molar refractivity (Wildman–Crippen MR) is 86.3 cm³/mol. The lowest BCUT2D eigenvalue weighted by atomic mass is 10.1. The third-order valence-electron chi connectivity index (χ3n) is 3.67. The molecule has 1 aromatic carbocycles. The van der Waals surface area contributed by atoms with Crippen LogP contribution in [-0.4, -0.2) is 28.0 Å². The Morgan fingerprint density at radius 2 is 2.00 bits per heavy atom. The summed E-state index contributed by atoms with van der Waals surface area (Å²) in [6.07, 6.45) is 0.734. The van der Waals surface area contributed by atoms with Crippen molar-refractivity contribution in [1.82, 2.24) is 4.57 Å². The average molecular weight is 317 g/mol. The summed E-state index contributed by atoms with van der Waals surface area (Å²) in [6, 6.07) is 5.08. The van der Waals surface area contributed by atoms with Crippen LogP contribution in [0, 0.1) is 0 Å². The van der Waals surface area contributed by atoms with Crippen molar-refractivity contribution in [1.29, 1.82) is 0 Å². The number of pyridine rings is 1. The average Bonchev–Trinajstić information content (AvgIpc) is 2.51. The molecule has 0 bridgehead atoms. The lowest BCUT2D eigenvalue weighted by Crippen LogP contribution is -2.27. The summed E-state index contributed by atoms with van der Waals surface area (Å²) in [4.78, 5) is 35.3. The van der Waals surface area contributed by atoms with Crippen LogP contribution in [0.25, 0.3) is 10.9 Å². The quantitative estimate of drug-likeness (QED) is 0.885. The fraction of sp³-hybridized carbons (Fsp3) is 0.353. The van der Waals surface area contributed by atoms with Gasteiger partial charge < -0.3 is 9.84 Å². The molecule has 6 nitrogen and oxygen atoms in total. The van der Waals surface area contributed by atoms with Crippen LogP contribution in [-0.2, 0) is 4.79 Å². The van der Waals surface area contributed by atoms with E-state index in [-0.39, 0.29) is 16.9 Å². The van der Waals surface area contributed by atoms with Gasteiger partial charge in [0, 0.05) is 11.5 Å². The largest absolute Gasteiger partial charge is 0.491 e. The van der Waals surface area contributed by atoms with Crippen molar-refractivity contribution in [3.05, 3.63) is 40.2 Å². The van der Waals surface area contributed by atoms with Crippen LogP contribution < -0.4 is 10.3 Å². The third-order valence-corrected chi connectivity index (χ3v) is 3.67. The first-order chi connectivity index (χ1) is 10.9. The van der Waals surface area contributed by atoms with Crippen molar-refractivity contribution in [3.63, 3.8) is 0 Å². The third kappa shape index (κ3) is 3.26. The number of fused-ring (bicyclic) bond motifs is 1. The first-order valence-electron chi connectivity index (χ1n) is 7.42. The van der Waals surface area contributed by atoms with E-state index in [1.54, 1.807) is 13.0 Å². The first kappa shape index (κ1) is 16.7. The number of carbonyl (C=O) groups is 2. The van der Waals surface area contributed by atoms with Gasteiger partial charge in [-0.2, -0.15) is 0 Å². The van der Waals surface area contributed by atoms with E-state index in [0.29, 0.717) is 23.3 Å². The van der Waals surface area contributed by atoms with E-state index in [0.717, 1.165) is 6.42 Å². The molecule has 1 N–H and O–H groups in total. The van der Waals surface area contributed by atoms with E-state index in [1.165, 1.54) is 29.7 Å². The summed E-state index contributed by atoms with van der Waals surface area (Å²) in [5.74, 6) is -0.943. The SMILES string of the molecule is CCCOc1cc(C(=O)O)cc2ccc(=O)n(C(C)C(C)=O)c12. The minimum absolute atomic E-state index is 0.0734. The molecule has 0 spiro atoms. The maximum atomic E-state index is 12.3. The number of hydrogen-bond acceptors (Lipinski definition) is 4. The Labute approximate surface area is 133 Å². The Morgan fingerprint density at radius 1 is 1.30 bits per heavy atom. The summed E-state index contributed by atoms with van der Waals surface area (Å²) >= 11 is 0. The van der Waals surface area contributed by atoms with E-state index in [4.69, 9.17) is 4.74 Å². The van der Waals surface area contributed by atoms with Crippen LogP contribution in [0.15, 0.2) is 29.1 Å². The summed E-state index contributed by atoms with van der Waals surface area (Å²) in [5, 5.41) is 9.78. The van der Waals surface area contributed by atoms with Crippen molar-refractivity contribution in [2.75, 3.05) is 6.61 Å². The zero-order chi connectivity index (χ0) is 17.1. The maximum absolute atomic E-state index is 12.3. The molecule has 1 aromatic heterocycles. The first-order valence-corrected chi connectivity index (χ1v) is 7.42. The van der Waals surface area contributed by atoms with E-state index in [1.807, 2.05) is 6.92 Å². The Balaban J connectivity index is 2.84. The minimum Gasteiger partial charge on any atom is -0.491 e. The van der Waals surface area contributed by atoms with E-state index in [2.05, 4.69) is 0 Å². The van der Waals surface area contributed by atoms with Gasteiger partial charge in [-0.15, -0.1) is 0 Å². The number of carboxylic acid groups (broad SMARTS) is 1. The smallest absolute Gasteiger partial charge is 0.335 e. The van der Waals surface area contributed by atoms with Gasteiger partial charge in [0.25, 0.3) is 5.56 Å². The molecule has 0 aliphatic heterocycles. The summed E-state index contributed by atoms with van der Waals surface area (Å²) in [5.41, 5.74) is 0.188. The number of ketones is 1. The molecule has 122 valence electrons. The number of aromatic nitrogens is 1. The van der Waals surface area contributed by atoms with Gasteiger partial charge in [0.05, 0.1) is 23.7 Å². The second-order valence-corrected chi connectivity index (χ2v) is 5.39. The van der Waals surface area contributed by atoms with Crippen molar-refractivity contribution in [2.24, 2.45) is 0 Å². The van der Waals surface area contributed by atoms with Gasteiger partial charge in [-0.05, 0) is 38.5 Å². The number of Topliss-reactive ketones (excluding diaryl/α,β-unsaturated/α-hetero) is 1. The highest BCUT2D eigenvalue weighted by Gasteiger charge is 2.19. The summed E-state index contributed by atoms with van der Waals surface area (Å²) in [7, 11) is 0. The molecular weight excluding hydrogens is 298 g/mol. The highest BCUT2D eigenvalue weighted by molar-refractivity contribution is 5.97. The van der Waals surface area contributed by atoms with E-state index >= 15 is 0 Å². The molecule has 2 rings (SSSR count). The van der Waals surface area contributed by atoms with Crippen LogP contribution in [0.3, 0.4) is 0 Å². The summed E-state index contributed by atoms with van der Waals surface area (Å²) in [6.45, 7) is 5.36. The van der Waals surface area contributed by atoms with Gasteiger partial charge in [0.15, 0.2) is 5.78 Å². The topological polar surface area (TPSA) is 85.6 Å². The molecule has 1 heterocycles. The molecule has 0 aliphatic rings. The number of rotatable bonds is 6. The van der Waals surface area contributed by atoms with E-state index < -0.39 is 12.0 Å². The normalized spacial score (nSPS) is 12.1. The van der Waals surface area contributed by atoms with Crippen LogP contribution >= 0.6 is 0 Å². The van der Waals surface area contributed by atoms with Gasteiger partial charge in [-0.3, -0.25) is 14.2 Å². The standard InChI is InChI=1S/C17H19NO5/c1-4-7-23-14-9-13(17(21)22)8-12-5-6-15(20)18(16(12)14)10(2)11(3)19/h5-6,8-10H,4,7H2,1-3H3,(H,21,22). The van der Waals surface area contributed by atoms with Gasteiger partial charge in [-0.25, -0.2) is 4.79 Å². The molecule has 0 fully saturated rings. The molecule has 0 aliphatic carbocycles. The number of ether oxygens (including phenoxy) is 1. The molecule has 1 atom stereocenters. The second-order valence-electron chi connectivity index (χ2n) is 5.39. The molecule has 0 radical (unpaired) electrons. The van der Waals surface area contributed by atoms with Gasteiger partial charge >= 0.3 is 5.97 Å². The number of hydrogen-bond donors (Lipinski definition) is 1. The van der Waals surface area contributed by atoms with Crippen LogP contribution in [0.5, 0.6) is 5.75 Å². The number of aromatic carboxylic acids is 1. The Kier molecular flexibility index (Phi) is 4.83. The number of carbonyl (C=O) groups excluding carboxylic acids is 1. The van der Waals surface area contributed by atoms with Gasteiger partial charge in [-0.1, -0.05) is 6.92 Å². The summed E-state index contributed by atoms with van der Waals surface area (Å²) < 4.78 is 7.01. The zero-order valence-electron chi connectivity index (χ0n) is 13.3. The Hall–Kier alpha value is -2.63. The predicted octanol–water partition coefficient (Wildman–Crippen LogP) is 2.64. The van der Waals surface area contributed by atoms with Crippen molar-refractivity contribution >= 4 is 22.7 Å². The van der Waals surface area contributed by atoms with Crippen molar-refractivity contribution in [2.45, 2.75) is 33.2 Å². The lowest BCUT2D eigenvalue weighted by Gasteiger charge is -2.18. The van der Waals surface area contributed by atoms with Gasteiger partial charge in [0.1, 0.15) is 5.75 Å². The van der Waals surface area contributed by atoms with Crippen LogP contribution in [0.1, 0.15) is 43.6 Å². The van der Waals surface area contributed by atoms with Crippen LogP contribution in [0.2, 0.25) is 0 Å².